The van der Waals surface area contributed by atoms with Gasteiger partial charge in [0.1, 0.15) is 5.82 Å². The van der Waals surface area contributed by atoms with Gasteiger partial charge in [-0.05, 0) is 24.3 Å². The highest BCUT2D eigenvalue weighted by atomic mass is 19.1. The highest BCUT2D eigenvalue weighted by Gasteiger charge is 2.13. The Morgan fingerprint density at radius 1 is 1.27 bits per heavy atom. The largest absolute Gasteiger partial charge is 0.382 e. The summed E-state index contributed by atoms with van der Waals surface area (Å²) in [4.78, 5) is 0. The fourth-order valence-corrected chi connectivity index (χ4v) is 1.45. The van der Waals surface area contributed by atoms with Crippen LogP contribution in [-0.4, -0.2) is 32.5 Å². The quantitative estimate of drug-likeness (QED) is 0.824. The maximum absolute atomic E-state index is 12.6. The van der Waals surface area contributed by atoms with Crippen LogP contribution in [0.4, 0.5) is 10.1 Å². The van der Waals surface area contributed by atoms with Gasteiger partial charge in [-0.2, -0.15) is 0 Å². The maximum Gasteiger partial charge on any atom is 0.123 e. The lowest BCUT2D eigenvalue weighted by molar-refractivity contribution is -0.0818. The van der Waals surface area contributed by atoms with Gasteiger partial charge < -0.3 is 14.8 Å². The minimum atomic E-state index is -0.224. The zero-order valence-corrected chi connectivity index (χ0v) is 8.41. The molecule has 0 aliphatic carbocycles. The first-order valence-electron chi connectivity index (χ1n) is 5.03. The van der Waals surface area contributed by atoms with Crippen molar-refractivity contribution in [3.63, 3.8) is 0 Å². The number of hydrogen-bond acceptors (Lipinski definition) is 3. The predicted octanol–water partition coefficient (Wildman–Crippen LogP) is 1.65. The maximum atomic E-state index is 12.6. The van der Waals surface area contributed by atoms with Gasteiger partial charge in [0.05, 0.1) is 25.9 Å². The van der Waals surface area contributed by atoms with Crippen LogP contribution in [0, 0.1) is 5.82 Å². The molecule has 1 fully saturated rings. The number of halogens is 1. The highest BCUT2D eigenvalue weighted by Crippen LogP contribution is 2.09. The third kappa shape index (κ3) is 3.18. The van der Waals surface area contributed by atoms with Crippen molar-refractivity contribution in [3.05, 3.63) is 30.1 Å². The average molecular weight is 211 g/mol. The Kier molecular flexibility index (Phi) is 3.53. The molecule has 2 rings (SSSR count). The fourth-order valence-electron chi connectivity index (χ4n) is 1.45. The van der Waals surface area contributed by atoms with Gasteiger partial charge in [-0.3, -0.25) is 0 Å². The Labute approximate surface area is 88.2 Å². The molecule has 1 atom stereocenters. The summed E-state index contributed by atoms with van der Waals surface area (Å²) in [5, 5.41) is 3.17. The van der Waals surface area contributed by atoms with Crippen LogP contribution in [0.25, 0.3) is 0 Å². The van der Waals surface area contributed by atoms with Crippen molar-refractivity contribution in [3.8, 4) is 0 Å². The van der Waals surface area contributed by atoms with Crippen LogP contribution in [0.5, 0.6) is 0 Å². The lowest BCUT2D eigenvalue weighted by atomic mass is 10.3. The number of hydrogen-bond donors (Lipinski definition) is 1. The molecule has 1 aliphatic heterocycles. The van der Waals surface area contributed by atoms with Crippen molar-refractivity contribution in [1.29, 1.82) is 0 Å². The van der Waals surface area contributed by atoms with E-state index >= 15 is 0 Å². The molecule has 1 aromatic carbocycles. The molecular formula is C11H14FNO2. The van der Waals surface area contributed by atoms with Crippen LogP contribution in [0.1, 0.15) is 0 Å². The molecule has 0 saturated carbocycles. The zero-order valence-electron chi connectivity index (χ0n) is 8.41. The van der Waals surface area contributed by atoms with Crippen LogP contribution in [-0.2, 0) is 9.47 Å². The van der Waals surface area contributed by atoms with Gasteiger partial charge in [-0.25, -0.2) is 4.39 Å². The molecule has 0 aromatic heterocycles. The number of benzene rings is 1. The van der Waals surface area contributed by atoms with Gasteiger partial charge in [0.25, 0.3) is 0 Å². The van der Waals surface area contributed by atoms with E-state index in [1.807, 2.05) is 0 Å². The van der Waals surface area contributed by atoms with Gasteiger partial charge in [0.15, 0.2) is 0 Å². The van der Waals surface area contributed by atoms with Crippen LogP contribution < -0.4 is 5.32 Å². The topological polar surface area (TPSA) is 30.5 Å². The van der Waals surface area contributed by atoms with E-state index < -0.39 is 0 Å². The zero-order chi connectivity index (χ0) is 10.5. The van der Waals surface area contributed by atoms with Gasteiger partial charge in [-0.15, -0.1) is 0 Å². The van der Waals surface area contributed by atoms with Gasteiger partial charge in [-0.1, -0.05) is 0 Å². The molecule has 1 heterocycles. The highest BCUT2D eigenvalue weighted by molar-refractivity contribution is 5.42. The van der Waals surface area contributed by atoms with E-state index in [4.69, 9.17) is 9.47 Å². The number of rotatable bonds is 3. The Balaban J connectivity index is 1.79. The predicted molar refractivity (Wildman–Crippen MR) is 55.4 cm³/mol. The first-order valence-corrected chi connectivity index (χ1v) is 5.03. The van der Waals surface area contributed by atoms with E-state index in [0.717, 1.165) is 5.69 Å². The van der Waals surface area contributed by atoms with Crippen LogP contribution >= 0.6 is 0 Å². The number of anilines is 1. The SMILES string of the molecule is Fc1ccc(NCC2COCCO2)cc1. The summed E-state index contributed by atoms with van der Waals surface area (Å²) in [6, 6.07) is 6.28. The monoisotopic (exact) mass is 211 g/mol. The van der Waals surface area contributed by atoms with E-state index in [-0.39, 0.29) is 11.9 Å². The summed E-state index contributed by atoms with van der Waals surface area (Å²) in [7, 11) is 0. The molecule has 0 spiro atoms. The second kappa shape index (κ2) is 5.09. The Morgan fingerprint density at radius 2 is 2.07 bits per heavy atom. The van der Waals surface area contributed by atoms with Crippen molar-refractivity contribution >= 4 is 5.69 Å². The second-order valence-electron chi connectivity index (χ2n) is 3.46. The standard InChI is InChI=1S/C11H14FNO2/c12-9-1-3-10(4-2-9)13-7-11-8-14-5-6-15-11/h1-4,11,13H,5-8H2. The van der Waals surface area contributed by atoms with Crippen molar-refractivity contribution in [2.24, 2.45) is 0 Å². The van der Waals surface area contributed by atoms with Crippen molar-refractivity contribution < 1.29 is 13.9 Å². The molecule has 1 unspecified atom stereocenters. The van der Waals surface area contributed by atoms with E-state index in [1.54, 1.807) is 12.1 Å². The minimum absolute atomic E-state index is 0.0869. The molecule has 1 aliphatic rings. The van der Waals surface area contributed by atoms with Crippen LogP contribution in [0.15, 0.2) is 24.3 Å². The van der Waals surface area contributed by atoms with E-state index in [2.05, 4.69) is 5.32 Å². The molecular weight excluding hydrogens is 197 g/mol. The summed E-state index contributed by atoms with van der Waals surface area (Å²) in [6.45, 7) is 2.63. The van der Waals surface area contributed by atoms with Crippen molar-refractivity contribution in [2.45, 2.75) is 6.10 Å². The Hall–Kier alpha value is -1.13. The Morgan fingerprint density at radius 3 is 2.73 bits per heavy atom. The number of ether oxygens (including phenoxy) is 2. The lowest BCUT2D eigenvalue weighted by Crippen LogP contribution is -2.34. The first kappa shape index (κ1) is 10.4. The third-order valence-electron chi connectivity index (χ3n) is 2.26. The molecule has 1 N–H and O–H groups in total. The lowest BCUT2D eigenvalue weighted by Gasteiger charge is -2.23. The minimum Gasteiger partial charge on any atom is -0.382 e. The van der Waals surface area contributed by atoms with Gasteiger partial charge in [0, 0.05) is 12.2 Å². The van der Waals surface area contributed by atoms with Crippen LogP contribution in [0.2, 0.25) is 0 Å². The van der Waals surface area contributed by atoms with E-state index in [9.17, 15) is 4.39 Å². The molecule has 0 bridgehead atoms. The number of nitrogens with one attached hydrogen (secondary N) is 1. The normalized spacial score (nSPS) is 21.3. The summed E-state index contributed by atoms with van der Waals surface area (Å²) in [6.07, 6.45) is 0.0869. The van der Waals surface area contributed by atoms with Gasteiger partial charge >= 0.3 is 0 Å². The van der Waals surface area contributed by atoms with E-state index in [1.165, 1.54) is 12.1 Å². The van der Waals surface area contributed by atoms with E-state index in [0.29, 0.717) is 26.4 Å². The molecule has 82 valence electrons. The molecule has 1 aromatic rings. The van der Waals surface area contributed by atoms with Crippen molar-refractivity contribution in [1.82, 2.24) is 0 Å². The smallest absolute Gasteiger partial charge is 0.123 e. The molecule has 15 heavy (non-hydrogen) atoms. The third-order valence-corrected chi connectivity index (χ3v) is 2.26. The van der Waals surface area contributed by atoms with Crippen molar-refractivity contribution in [2.75, 3.05) is 31.7 Å². The molecule has 0 amide bonds. The molecule has 4 heteroatoms. The Bertz CT molecular complexity index is 296. The molecule has 0 radical (unpaired) electrons. The fraction of sp³-hybridized carbons (Fsp3) is 0.455. The average Bonchev–Trinajstić information content (AvgIpc) is 2.30. The summed E-state index contributed by atoms with van der Waals surface area (Å²) >= 11 is 0. The first-order chi connectivity index (χ1) is 7.34. The summed E-state index contributed by atoms with van der Waals surface area (Å²) < 4.78 is 23.3. The van der Waals surface area contributed by atoms with Gasteiger partial charge in [0.2, 0.25) is 0 Å². The molecule has 1 saturated heterocycles. The summed E-state index contributed by atoms with van der Waals surface area (Å²) in [5.74, 6) is -0.224. The van der Waals surface area contributed by atoms with Crippen LogP contribution in [0.3, 0.4) is 0 Å². The second-order valence-corrected chi connectivity index (χ2v) is 3.46. The molecule has 3 nitrogen and oxygen atoms in total. The summed E-state index contributed by atoms with van der Waals surface area (Å²) in [5.41, 5.74) is 0.894.